The van der Waals surface area contributed by atoms with Crippen molar-refractivity contribution in [1.29, 1.82) is 0 Å². The van der Waals surface area contributed by atoms with Crippen LogP contribution in [0, 0.1) is 0 Å². The maximum Gasteiger partial charge on any atom is 0.224 e. The molecule has 0 saturated heterocycles. The summed E-state index contributed by atoms with van der Waals surface area (Å²) in [6, 6.07) is 9.29. The van der Waals surface area contributed by atoms with Crippen molar-refractivity contribution < 1.29 is 13.2 Å². The van der Waals surface area contributed by atoms with Crippen LogP contribution in [0.2, 0.25) is 0 Å². The molecule has 30 heavy (non-hydrogen) atoms. The molecule has 6 nitrogen and oxygen atoms in total. The lowest BCUT2D eigenvalue weighted by Crippen LogP contribution is -2.25. The zero-order valence-corrected chi connectivity index (χ0v) is 18.6. The molecule has 0 unspecified atom stereocenters. The first kappa shape index (κ1) is 21.1. The first-order chi connectivity index (χ1) is 14.3. The number of nitrogens with zero attached hydrogens (tertiary/aromatic N) is 2. The summed E-state index contributed by atoms with van der Waals surface area (Å²) in [7, 11) is -3.29. The molecule has 7 heteroatoms. The summed E-state index contributed by atoms with van der Waals surface area (Å²) < 4.78 is 26.7. The van der Waals surface area contributed by atoms with Crippen LogP contribution in [0.15, 0.2) is 35.2 Å². The maximum atomic E-state index is 12.4. The summed E-state index contributed by atoms with van der Waals surface area (Å²) in [6.07, 6.45) is 7.67. The van der Waals surface area contributed by atoms with Crippen LogP contribution in [-0.4, -0.2) is 29.4 Å². The van der Waals surface area contributed by atoms with Gasteiger partial charge in [-0.05, 0) is 63.3 Å². The highest BCUT2D eigenvalue weighted by Crippen LogP contribution is 2.43. The second-order valence-corrected chi connectivity index (χ2v) is 11.4. The number of carbonyl (C=O) groups excluding carboxylic acids is 1. The van der Waals surface area contributed by atoms with Crippen LogP contribution in [0.25, 0.3) is 0 Å². The fraction of sp³-hybridized carbons (Fsp3) is 0.565. The van der Waals surface area contributed by atoms with E-state index in [9.17, 15) is 13.2 Å². The van der Waals surface area contributed by atoms with Gasteiger partial charge in [0.15, 0.2) is 9.84 Å². The Bertz CT molecular complexity index is 999. The normalized spacial score (nSPS) is 17.6. The van der Waals surface area contributed by atoms with Crippen LogP contribution in [0.1, 0.15) is 81.3 Å². The van der Waals surface area contributed by atoms with Crippen molar-refractivity contribution in [3.05, 3.63) is 47.3 Å². The molecular formula is C23H31N3O3S. The van der Waals surface area contributed by atoms with Gasteiger partial charge >= 0.3 is 0 Å². The van der Waals surface area contributed by atoms with Crippen molar-refractivity contribution in [3.8, 4) is 0 Å². The molecule has 162 valence electrons. The molecule has 0 spiro atoms. The Hall–Kier alpha value is -2.15. The molecule has 2 saturated carbocycles. The van der Waals surface area contributed by atoms with E-state index >= 15 is 0 Å². The first-order valence-corrected chi connectivity index (χ1v) is 12.6. The summed E-state index contributed by atoms with van der Waals surface area (Å²) >= 11 is 0. The number of hydrogen-bond acceptors (Lipinski definition) is 4. The van der Waals surface area contributed by atoms with Crippen LogP contribution >= 0.6 is 0 Å². The van der Waals surface area contributed by atoms with Gasteiger partial charge in [0.1, 0.15) is 0 Å². The highest BCUT2D eigenvalue weighted by atomic mass is 32.2. The zero-order chi connectivity index (χ0) is 21.3. The summed E-state index contributed by atoms with van der Waals surface area (Å²) in [5.74, 6) is 0.557. The van der Waals surface area contributed by atoms with Gasteiger partial charge in [-0.25, -0.2) is 8.42 Å². The predicted molar refractivity (Wildman–Crippen MR) is 116 cm³/mol. The van der Waals surface area contributed by atoms with Gasteiger partial charge in [-0.3, -0.25) is 9.48 Å². The third-order valence-corrected chi connectivity index (χ3v) is 8.36. The van der Waals surface area contributed by atoms with Crippen molar-refractivity contribution in [2.24, 2.45) is 0 Å². The molecule has 2 aromatic rings. The SMILES string of the molecule is CC(C)S(=O)(=O)c1ccc(CC(=O)NCc2cc(C3CC3)n(C3CCCC3)n2)cc1. The van der Waals surface area contributed by atoms with E-state index in [1.807, 2.05) is 0 Å². The van der Waals surface area contributed by atoms with Crippen LogP contribution in [0.4, 0.5) is 0 Å². The second kappa shape index (κ2) is 8.53. The van der Waals surface area contributed by atoms with Gasteiger partial charge in [-0.2, -0.15) is 5.10 Å². The van der Waals surface area contributed by atoms with Crippen LogP contribution in [-0.2, 0) is 27.6 Å². The number of aromatic nitrogens is 2. The predicted octanol–water partition coefficient (Wildman–Crippen LogP) is 3.92. The molecule has 1 aromatic heterocycles. The van der Waals surface area contributed by atoms with E-state index in [1.165, 1.54) is 44.2 Å². The van der Waals surface area contributed by atoms with Crippen LogP contribution in [0.5, 0.6) is 0 Å². The molecule has 2 aliphatic carbocycles. The highest BCUT2D eigenvalue weighted by Gasteiger charge is 2.31. The Kier molecular flexibility index (Phi) is 6.00. The molecule has 0 aliphatic heterocycles. The number of amides is 1. The molecule has 1 heterocycles. The minimum absolute atomic E-state index is 0.0853. The Morgan fingerprint density at radius 1 is 1.13 bits per heavy atom. The van der Waals surface area contributed by atoms with Gasteiger partial charge in [-0.1, -0.05) is 25.0 Å². The van der Waals surface area contributed by atoms with Crippen molar-refractivity contribution in [2.75, 3.05) is 0 Å². The zero-order valence-electron chi connectivity index (χ0n) is 17.8. The molecule has 0 bridgehead atoms. The number of carbonyl (C=O) groups is 1. The average Bonchev–Trinajstić information content (AvgIpc) is 3.25. The lowest BCUT2D eigenvalue weighted by Gasteiger charge is -2.13. The van der Waals surface area contributed by atoms with Gasteiger partial charge in [0.25, 0.3) is 0 Å². The number of sulfone groups is 1. The van der Waals surface area contributed by atoms with Crippen LogP contribution in [0.3, 0.4) is 0 Å². The van der Waals surface area contributed by atoms with Gasteiger partial charge < -0.3 is 5.32 Å². The fourth-order valence-corrected chi connectivity index (χ4v) is 5.24. The first-order valence-electron chi connectivity index (χ1n) is 11.0. The van der Waals surface area contributed by atoms with E-state index in [4.69, 9.17) is 5.10 Å². The number of rotatable bonds is 8. The molecule has 0 atom stereocenters. The fourth-order valence-electron chi connectivity index (χ4n) is 4.18. The van der Waals surface area contributed by atoms with Gasteiger partial charge in [0.05, 0.1) is 34.8 Å². The Morgan fingerprint density at radius 2 is 1.80 bits per heavy atom. The molecule has 1 N–H and O–H groups in total. The molecule has 2 fully saturated rings. The van der Waals surface area contributed by atoms with Crippen molar-refractivity contribution >= 4 is 15.7 Å². The molecule has 1 amide bonds. The quantitative estimate of drug-likeness (QED) is 0.690. The van der Waals surface area contributed by atoms with E-state index in [0.29, 0.717) is 23.4 Å². The summed E-state index contributed by atoms with van der Waals surface area (Å²) in [6.45, 7) is 3.76. The van der Waals surface area contributed by atoms with E-state index in [1.54, 1.807) is 38.1 Å². The summed E-state index contributed by atoms with van der Waals surface area (Å²) in [4.78, 5) is 12.7. The molecule has 1 aromatic carbocycles. The number of hydrogen-bond donors (Lipinski definition) is 1. The van der Waals surface area contributed by atoms with E-state index in [2.05, 4.69) is 16.1 Å². The highest BCUT2D eigenvalue weighted by molar-refractivity contribution is 7.92. The third-order valence-electron chi connectivity index (χ3n) is 6.19. The van der Waals surface area contributed by atoms with Crippen LogP contribution < -0.4 is 5.32 Å². The smallest absolute Gasteiger partial charge is 0.224 e. The van der Waals surface area contributed by atoms with E-state index < -0.39 is 15.1 Å². The van der Waals surface area contributed by atoms with E-state index in [-0.39, 0.29) is 12.3 Å². The molecule has 2 aliphatic rings. The summed E-state index contributed by atoms with van der Waals surface area (Å²) in [5.41, 5.74) is 3.06. The monoisotopic (exact) mass is 429 g/mol. The Morgan fingerprint density at radius 3 is 2.40 bits per heavy atom. The van der Waals surface area contributed by atoms with Gasteiger partial charge in [0.2, 0.25) is 5.91 Å². The van der Waals surface area contributed by atoms with Crippen molar-refractivity contribution in [1.82, 2.24) is 15.1 Å². The number of nitrogens with one attached hydrogen (secondary N) is 1. The average molecular weight is 430 g/mol. The topological polar surface area (TPSA) is 81.1 Å². The molecular weight excluding hydrogens is 398 g/mol. The maximum absolute atomic E-state index is 12.4. The van der Waals surface area contributed by atoms with Crippen molar-refractivity contribution in [2.45, 2.75) is 87.4 Å². The summed E-state index contributed by atoms with van der Waals surface area (Å²) in [5, 5.41) is 7.33. The third kappa shape index (κ3) is 4.61. The number of benzene rings is 1. The minimum atomic E-state index is -3.29. The van der Waals surface area contributed by atoms with Gasteiger partial charge in [-0.15, -0.1) is 0 Å². The minimum Gasteiger partial charge on any atom is -0.350 e. The van der Waals surface area contributed by atoms with Gasteiger partial charge in [0, 0.05) is 11.6 Å². The van der Waals surface area contributed by atoms with E-state index in [0.717, 1.165) is 11.3 Å². The molecule has 0 radical (unpaired) electrons. The lowest BCUT2D eigenvalue weighted by atomic mass is 10.1. The molecule has 4 rings (SSSR count). The Balaban J connectivity index is 1.35. The standard InChI is InChI=1S/C23H31N3O3S/c1-16(2)30(28,29)21-11-7-17(8-12-21)13-23(27)24-15-19-14-22(18-9-10-18)26(25-19)20-5-3-4-6-20/h7-8,11-12,14,16,18,20H,3-6,9-10,13,15H2,1-2H3,(H,24,27). The Labute approximate surface area is 179 Å². The largest absolute Gasteiger partial charge is 0.350 e. The van der Waals surface area contributed by atoms with Crippen molar-refractivity contribution in [3.63, 3.8) is 0 Å². The second-order valence-electron chi connectivity index (χ2n) is 8.91. The lowest BCUT2D eigenvalue weighted by molar-refractivity contribution is -0.120.